The van der Waals surface area contributed by atoms with Gasteiger partial charge in [0.05, 0.1) is 36.1 Å². The molecule has 6 nitrogen and oxygen atoms in total. The molecule has 4 aromatic carbocycles. The molecule has 0 saturated carbocycles. The highest BCUT2D eigenvalue weighted by molar-refractivity contribution is 7.91. The van der Waals surface area contributed by atoms with Crippen LogP contribution in [0.15, 0.2) is 106 Å². The van der Waals surface area contributed by atoms with Gasteiger partial charge in [-0.1, -0.05) is 53.0 Å². The first kappa shape index (κ1) is 27.1. The summed E-state index contributed by atoms with van der Waals surface area (Å²) in [5.41, 5.74) is 2.80. The van der Waals surface area contributed by atoms with Gasteiger partial charge in [-0.05, 0) is 72.8 Å². The summed E-state index contributed by atoms with van der Waals surface area (Å²) in [7, 11) is -3.79. The van der Waals surface area contributed by atoms with Crippen LogP contribution in [0, 0.1) is 0 Å². The lowest BCUT2D eigenvalue weighted by Crippen LogP contribution is -2.45. The van der Waals surface area contributed by atoms with E-state index in [1.54, 1.807) is 36.4 Å². The molecule has 0 unspecified atom stereocenters. The summed E-state index contributed by atoms with van der Waals surface area (Å²) in [5, 5.41) is 7.56. The Hall–Kier alpha value is -3.44. The molecule has 0 bridgehead atoms. The van der Waals surface area contributed by atoms with Gasteiger partial charge in [0.25, 0.3) is 0 Å². The van der Waals surface area contributed by atoms with E-state index in [9.17, 15) is 21.6 Å². The van der Waals surface area contributed by atoms with E-state index >= 15 is 0 Å². The summed E-state index contributed by atoms with van der Waals surface area (Å²) in [4.78, 5) is 0.153. The summed E-state index contributed by atoms with van der Waals surface area (Å²) in [6, 6.07) is 21.2. The van der Waals surface area contributed by atoms with Crippen molar-refractivity contribution in [2.24, 2.45) is 5.10 Å². The van der Waals surface area contributed by atoms with Gasteiger partial charge in [-0.15, -0.1) is 5.10 Å². The number of hydrazone groups is 1. The highest BCUT2D eigenvalue weighted by atomic mass is 35.5. The Labute approximate surface area is 236 Å². The van der Waals surface area contributed by atoms with Crippen LogP contribution in [0.1, 0.15) is 11.1 Å². The van der Waals surface area contributed by atoms with E-state index in [2.05, 4.69) is 10.5 Å². The molecule has 0 saturated heterocycles. The Morgan fingerprint density at radius 2 is 1.38 bits per heavy atom. The van der Waals surface area contributed by atoms with Gasteiger partial charge >= 0.3 is 6.18 Å². The van der Waals surface area contributed by atoms with Crippen LogP contribution < -0.4 is 15.7 Å². The maximum Gasteiger partial charge on any atom is 0.416 e. The van der Waals surface area contributed by atoms with Gasteiger partial charge in [0.15, 0.2) is 5.84 Å². The lowest BCUT2D eigenvalue weighted by Gasteiger charge is -2.29. The second-order valence-electron chi connectivity index (χ2n) is 8.26. The third-order valence-electron chi connectivity index (χ3n) is 5.72. The maximum absolute atomic E-state index is 13.5. The van der Waals surface area contributed by atoms with Crippen molar-refractivity contribution in [1.29, 1.82) is 0 Å². The number of sulfone groups is 1. The first-order valence-corrected chi connectivity index (χ1v) is 13.7. The molecule has 1 aliphatic rings. The Balaban J connectivity index is 1.58. The second kappa shape index (κ2) is 10.3. The number of hydrogen-bond acceptors (Lipinski definition) is 6. The first-order valence-electron chi connectivity index (χ1n) is 11.1. The predicted molar refractivity (Wildman–Crippen MR) is 146 cm³/mol. The highest BCUT2D eigenvalue weighted by Gasteiger charge is 2.34. The minimum atomic E-state index is -4.62. The summed E-state index contributed by atoms with van der Waals surface area (Å²) < 4.78 is 66.6. The van der Waals surface area contributed by atoms with Gasteiger partial charge in [0.2, 0.25) is 9.84 Å². The number of nitrogens with zero attached hydrogens (tertiary/aromatic N) is 3. The standard InChI is InChI=1S/C26H16Cl3F3N4O2S/c27-21-12-6-16(14-23(21)29)25-33-35(36(34-25)24-15-17(26(30,31)32)7-13-22(24)28)18-8-10-20(11-9-18)39(37,38)19-4-2-1-3-5-19/h1-15H,(H,33,34). The van der Waals surface area contributed by atoms with Crippen molar-refractivity contribution < 1.29 is 21.6 Å². The molecule has 1 N–H and O–H groups in total. The van der Waals surface area contributed by atoms with Crippen molar-refractivity contribution >= 4 is 61.9 Å². The number of rotatable bonds is 5. The van der Waals surface area contributed by atoms with Crippen molar-refractivity contribution in [3.05, 3.63) is 117 Å². The van der Waals surface area contributed by atoms with E-state index in [1.807, 2.05) is 0 Å². The number of nitrogens with one attached hydrogen (secondary N) is 1. The topological polar surface area (TPSA) is 65.0 Å². The SMILES string of the molecule is O=S(=O)(c1ccccc1)c1ccc(N2N=C(c3ccc(Cl)c(Cl)c3)NN2c2cc(C(F)(F)F)ccc2Cl)cc1. The minimum Gasteiger partial charge on any atom is -0.259 e. The normalized spacial score (nSPS) is 13.8. The number of amidine groups is 1. The predicted octanol–water partition coefficient (Wildman–Crippen LogP) is 7.61. The number of hydrogen-bond donors (Lipinski definition) is 1. The van der Waals surface area contributed by atoms with Crippen molar-refractivity contribution in [2.45, 2.75) is 16.0 Å². The van der Waals surface area contributed by atoms with Crippen LogP contribution in [0.4, 0.5) is 24.5 Å². The number of anilines is 2. The van der Waals surface area contributed by atoms with Crippen LogP contribution >= 0.6 is 34.8 Å². The molecule has 13 heteroatoms. The maximum atomic E-state index is 13.5. The molecular formula is C26H16Cl3F3N4O2S. The van der Waals surface area contributed by atoms with Crippen LogP contribution in [-0.2, 0) is 16.0 Å². The molecule has 0 fully saturated rings. The Morgan fingerprint density at radius 1 is 0.744 bits per heavy atom. The van der Waals surface area contributed by atoms with Gasteiger partial charge in [-0.3, -0.25) is 5.43 Å². The summed E-state index contributed by atoms with van der Waals surface area (Å²) in [6.45, 7) is 0. The number of alkyl halides is 3. The van der Waals surface area contributed by atoms with E-state index in [4.69, 9.17) is 34.8 Å². The van der Waals surface area contributed by atoms with Crippen molar-refractivity contribution in [3.8, 4) is 0 Å². The molecular weight excluding hydrogens is 596 g/mol. The molecule has 0 radical (unpaired) electrons. The Morgan fingerprint density at radius 3 is 2.03 bits per heavy atom. The molecule has 0 aliphatic carbocycles. The zero-order valence-corrected chi connectivity index (χ0v) is 22.6. The average molecular weight is 612 g/mol. The number of hydrazine groups is 2. The lowest BCUT2D eigenvalue weighted by atomic mass is 10.2. The zero-order valence-electron chi connectivity index (χ0n) is 19.5. The fourth-order valence-corrected chi connectivity index (χ4v) is 5.53. The smallest absolute Gasteiger partial charge is 0.259 e. The molecule has 0 aromatic heterocycles. The molecule has 4 aromatic rings. The van der Waals surface area contributed by atoms with Gasteiger partial charge in [0.1, 0.15) is 5.69 Å². The Kier molecular flexibility index (Phi) is 7.15. The highest BCUT2D eigenvalue weighted by Crippen LogP contribution is 2.38. The van der Waals surface area contributed by atoms with Crippen LogP contribution in [0.25, 0.3) is 0 Å². The van der Waals surface area contributed by atoms with Crippen molar-refractivity contribution in [3.63, 3.8) is 0 Å². The number of benzene rings is 4. The molecule has 0 spiro atoms. The van der Waals surface area contributed by atoms with Crippen molar-refractivity contribution in [1.82, 2.24) is 5.43 Å². The molecule has 1 aliphatic heterocycles. The minimum absolute atomic E-state index is 0.00867. The van der Waals surface area contributed by atoms with Crippen LogP contribution in [0.2, 0.25) is 15.1 Å². The fourth-order valence-electron chi connectivity index (χ4n) is 3.76. The first-order chi connectivity index (χ1) is 18.4. The monoisotopic (exact) mass is 610 g/mol. The van der Waals surface area contributed by atoms with Gasteiger partial charge in [0, 0.05) is 5.56 Å². The molecule has 0 atom stereocenters. The van der Waals surface area contributed by atoms with E-state index in [-0.39, 0.29) is 31.4 Å². The van der Waals surface area contributed by atoms with E-state index in [0.717, 1.165) is 18.2 Å². The molecule has 39 heavy (non-hydrogen) atoms. The quantitative estimate of drug-likeness (QED) is 0.252. The zero-order chi connectivity index (χ0) is 27.9. The van der Waals surface area contributed by atoms with Gasteiger partial charge in [-0.2, -0.15) is 23.4 Å². The average Bonchev–Trinajstić information content (AvgIpc) is 3.35. The molecule has 1 heterocycles. The van der Waals surface area contributed by atoms with Crippen LogP contribution in [-0.4, -0.2) is 14.3 Å². The third kappa shape index (κ3) is 5.38. The summed E-state index contributed by atoms with van der Waals surface area (Å²) in [5.74, 6) is 0.225. The Bertz CT molecular complexity index is 1680. The lowest BCUT2D eigenvalue weighted by molar-refractivity contribution is -0.137. The fraction of sp³-hybridized carbons (Fsp3) is 0.0385. The summed E-state index contributed by atoms with van der Waals surface area (Å²) in [6.07, 6.45) is -4.62. The van der Waals surface area contributed by atoms with Gasteiger partial charge < -0.3 is 0 Å². The van der Waals surface area contributed by atoms with Gasteiger partial charge in [-0.25, -0.2) is 8.42 Å². The van der Waals surface area contributed by atoms with E-state index in [1.165, 1.54) is 46.6 Å². The second-order valence-corrected chi connectivity index (χ2v) is 11.4. The van der Waals surface area contributed by atoms with Crippen molar-refractivity contribution in [2.75, 3.05) is 10.2 Å². The van der Waals surface area contributed by atoms with Crippen LogP contribution in [0.5, 0.6) is 0 Å². The molecule has 200 valence electrons. The summed E-state index contributed by atoms with van der Waals surface area (Å²) >= 11 is 18.5. The largest absolute Gasteiger partial charge is 0.416 e. The number of halogens is 6. The third-order valence-corrected chi connectivity index (χ3v) is 8.57. The van der Waals surface area contributed by atoms with E-state index in [0.29, 0.717) is 16.3 Å². The molecule has 0 amide bonds. The molecule has 5 rings (SSSR count). The van der Waals surface area contributed by atoms with E-state index < -0.39 is 21.6 Å². The van der Waals surface area contributed by atoms with Crippen LogP contribution in [0.3, 0.4) is 0 Å².